The molecule has 0 fully saturated rings. The summed E-state index contributed by atoms with van der Waals surface area (Å²) >= 11 is 0. The van der Waals surface area contributed by atoms with Crippen LogP contribution in [0.5, 0.6) is 0 Å². The molecule has 3 rings (SSSR count). The van der Waals surface area contributed by atoms with E-state index in [1.54, 1.807) is 18.4 Å². The van der Waals surface area contributed by atoms with Gasteiger partial charge in [-0.1, -0.05) is 12.1 Å². The molecular weight excluding hydrogens is 282 g/mol. The van der Waals surface area contributed by atoms with Gasteiger partial charge in [0, 0.05) is 12.0 Å². The molecule has 0 radical (unpaired) electrons. The smallest absolute Gasteiger partial charge is 0.335 e. The molecule has 1 atom stereocenters. The van der Waals surface area contributed by atoms with Gasteiger partial charge in [-0.25, -0.2) is 4.79 Å². The van der Waals surface area contributed by atoms with Gasteiger partial charge in [0.25, 0.3) is 0 Å². The highest BCUT2D eigenvalue weighted by atomic mass is 16.4. The van der Waals surface area contributed by atoms with Crippen LogP contribution in [0.2, 0.25) is 0 Å². The Labute approximate surface area is 127 Å². The van der Waals surface area contributed by atoms with Gasteiger partial charge < -0.3 is 14.8 Å². The number of carbonyl (C=O) groups excluding carboxylic acids is 1. The third-order valence-corrected chi connectivity index (χ3v) is 3.95. The lowest BCUT2D eigenvalue weighted by Crippen LogP contribution is -2.31. The summed E-state index contributed by atoms with van der Waals surface area (Å²) in [6.07, 6.45) is 4.74. The van der Waals surface area contributed by atoms with E-state index in [4.69, 9.17) is 9.52 Å². The van der Waals surface area contributed by atoms with Crippen LogP contribution >= 0.6 is 0 Å². The van der Waals surface area contributed by atoms with E-state index in [0.29, 0.717) is 0 Å². The van der Waals surface area contributed by atoms with E-state index in [1.807, 2.05) is 6.07 Å². The molecule has 0 aliphatic heterocycles. The summed E-state index contributed by atoms with van der Waals surface area (Å²) in [6, 6.07) is 8.30. The number of aromatic carboxylic acids is 1. The monoisotopic (exact) mass is 299 g/mol. The molecule has 1 aliphatic carbocycles. The van der Waals surface area contributed by atoms with E-state index in [1.165, 1.54) is 12.1 Å². The van der Waals surface area contributed by atoms with Gasteiger partial charge in [-0.05, 0) is 36.6 Å². The number of hydrogen-bond acceptors (Lipinski definition) is 3. The first kappa shape index (κ1) is 14.4. The van der Waals surface area contributed by atoms with Gasteiger partial charge in [0.1, 0.15) is 5.76 Å². The number of furan rings is 1. The summed E-state index contributed by atoms with van der Waals surface area (Å²) in [6.45, 7) is 0. The minimum atomic E-state index is -0.967. The Kier molecular flexibility index (Phi) is 3.96. The first-order valence-electron chi connectivity index (χ1n) is 7.31. The lowest BCUT2D eigenvalue weighted by Gasteiger charge is -2.22. The van der Waals surface area contributed by atoms with Gasteiger partial charge in [-0.3, -0.25) is 4.79 Å². The average molecular weight is 299 g/mol. The first-order chi connectivity index (χ1) is 10.6. The molecule has 114 valence electrons. The molecule has 1 aliphatic rings. The molecule has 5 heteroatoms. The topological polar surface area (TPSA) is 79.5 Å². The maximum Gasteiger partial charge on any atom is 0.335 e. The van der Waals surface area contributed by atoms with Gasteiger partial charge in [-0.2, -0.15) is 0 Å². The summed E-state index contributed by atoms with van der Waals surface area (Å²) in [5, 5.41) is 11.9. The van der Waals surface area contributed by atoms with Crippen LogP contribution in [-0.4, -0.2) is 17.0 Å². The Morgan fingerprint density at radius 3 is 2.73 bits per heavy atom. The highest BCUT2D eigenvalue weighted by Gasteiger charge is 2.23. The second-order valence-corrected chi connectivity index (χ2v) is 5.49. The van der Waals surface area contributed by atoms with Gasteiger partial charge in [0.2, 0.25) is 5.91 Å². The quantitative estimate of drug-likeness (QED) is 0.909. The number of rotatable bonds is 4. The summed E-state index contributed by atoms with van der Waals surface area (Å²) in [5.41, 5.74) is 2.09. The van der Waals surface area contributed by atoms with Crippen LogP contribution in [-0.2, 0) is 17.6 Å². The minimum absolute atomic E-state index is 0.00768. The van der Waals surface area contributed by atoms with E-state index >= 15 is 0 Å². The molecule has 2 aromatic rings. The zero-order chi connectivity index (χ0) is 15.5. The average Bonchev–Trinajstić information content (AvgIpc) is 2.97. The number of carbonyl (C=O) groups is 2. The van der Waals surface area contributed by atoms with Gasteiger partial charge >= 0.3 is 5.97 Å². The Morgan fingerprint density at radius 2 is 2.00 bits per heavy atom. The molecule has 1 aromatic carbocycles. The molecule has 22 heavy (non-hydrogen) atoms. The van der Waals surface area contributed by atoms with Crippen LogP contribution in [0.3, 0.4) is 0 Å². The number of carboxylic acids is 1. The first-order valence-corrected chi connectivity index (χ1v) is 7.31. The molecule has 2 N–H and O–H groups in total. The largest absolute Gasteiger partial charge is 0.478 e. The van der Waals surface area contributed by atoms with Crippen molar-refractivity contribution in [2.24, 2.45) is 0 Å². The van der Waals surface area contributed by atoms with Crippen molar-refractivity contribution in [3.05, 3.63) is 59.0 Å². The van der Waals surface area contributed by atoms with Crippen molar-refractivity contribution >= 4 is 11.9 Å². The summed E-state index contributed by atoms with van der Waals surface area (Å²) < 4.78 is 5.41. The maximum absolute atomic E-state index is 12.2. The molecular formula is C17H17NO4. The number of nitrogens with one attached hydrogen (secondary N) is 1. The SMILES string of the molecule is O=C(Cc1ccc(C(=O)O)cc1)NC1CCCc2occc21. The van der Waals surface area contributed by atoms with Gasteiger partial charge in [0.15, 0.2) is 0 Å². The van der Waals surface area contributed by atoms with Crippen molar-refractivity contribution < 1.29 is 19.1 Å². The molecule has 1 amide bonds. The van der Waals surface area contributed by atoms with E-state index in [-0.39, 0.29) is 23.9 Å². The highest BCUT2D eigenvalue weighted by molar-refractivity contribution is 5.87. The standard InChI is InChI=1S/C17H17NO4/c19-16(10-11-4-6-12(7-5-11)17(20)21)18-14-2-1-3-15-13(14)8-9-22-15/h4-9,14H,1-3,10H2,(H,18,19)(H,20,21). The molecule has 0 bridgehead atoms. The Morgan fingerprint density at radius 1 is 1.23 bits per heavy atom. The highest BCUT2D eigenvalue weighted by Crippen LogP contribution is 2.30. The number of carboxylic acid groups (broad SMARTS) is 1. The van der Waals surface area contributed by atoms with E-state index in [0.717, 1.165) is 36.1 Å². The fourth-order valence-electron chi connectivity index (χ4n) is 2.83. The van der Waals surface area contributed by atoms with Crippen molar-refractivity contribution in [2.75, 3.05) is 0 Å². The Bertz CT molecular complexity index is 687. The molecule has 0 saturated carbocycles. The number of amides is 1. The number of benzene rings is 1. The van der Waals surface area contributed by atoms with Crippen LogP contribution in [0.25, 0.3) is 0 Å². The Hall–Kier alpha value is -2.56. The molecule has 5 nitrogen and oxygen atoms in total. The Balaban J connectivity index is 1.63. The van der Waals surface area contributed by atoms with Crippen molar-refractivity contribution in [3.8, 4) is 0 Å². The minimum Gasteiger partial charge on any atom is -0.478 e. The van der Waals surface area contributed by atoms with Crippen LogP contribution in [0.15, 0.2) is 41.0 Å². The number of hydrogen-bond donors (Lipinski definition) is 2. The van der Waals surface area contributed by atoms with E-state index in [9.17, 15) is 9.59 Å². The van der Waals surface area contributed by atoms with Gasteiger partial charge in [0.05, 0.1) is 24.3 Å². The number of fused-ring (bicyclic) bond motifs is 1. The van der Waals surface area contributed by atoms with Gasteiger partial charge in [-0.15, -0.1) is 0 Å². The summed E-state index contributed by atoms with van der Waals surface area (Å²) in [7, 11) is 0. The molecule has 1 aromatic heterocycles. The van der Waals surface area contributed by atoms with E-state index < -0.39 is 5.97 Å². The maximum atomic E-state index is 12.2. The zero-order valence-corrected chi connectivity index (χ0v) is 12.0. The fraction of sp³-hybridized carbons (Fsp3) is 0.294. The number of aryl methyl sites for hydroxylation is 1. The van der Waals surface area contributed by atoms with Crippen molar-refractivity contribution in [3.63, 3.8) is 0 Å². The third-order valence-electron chi connectivity index (χ3n) is 3.95. The van der Waals surface area contributed by atoms with E-state index in [2.05, 4.69) is 5.32 Å². The third kappa shape index (κ3) is 3.03. The normalized spacial score (nSPS) is 16.8. The predicted octanol–water partition coefficient (Wildman–Crippen LogP) is 2.71. The summed E-state index contributed by atoms with van der Waals surface area (Å²) in [4.78, 5) is 23.0. The van der Waals surface area contributed by atoms with Crippen LogP contribution in [0.1, 0.15) is 46.1 Å². The fourth-order valence-corrected chi connectivity index (χ4v) is 2.83. The van der Waals surface area contributed by atoms with Crippen LogP contribution in [0.4, 0.5) is 0 Å². The lowest BCUT2D eigenvalue weighted by molar-refractivity contribution is -0.121. The van der Waals surface area contributed by atoms with Crippen LogP contribution < -0.4 is 5.32 Å². The second-order valence-electron chi connectivity index (χ2n) is 5.49. The molecule has 0 spiro atoms. The molecule has 1 heterocycles. The van der Waals surface area contributed by atoms with Crippen LogP contribution in [0, 0.1) is 0 Å². The lowest BCUT2D eigenvalue weighted by atomic mass is 9.93. The molecule has 0 saturated heterocycles. The molecule has 1 unspecified atom stereocenters. The zero-order valence-electron chi connectivity index (χ0n) is 12.0. The van der Waals surface area contributed by atoms with Crippen molar-refractivity contribution in [1.82, 2.24) is 5.32 Å². The predicted molar refractivity (Wildman–Crippen MR) is 79.6 cm³/mol. The van der Waals surface area contributed by atoms with Crippen molar-refractivity contribution in [1.29, 1.82) is 0 Å². The second kappa shape index (κ2) is 6.05. The van der Waals surface area contributed by atoms with Crippen molar-refractivity contribution in [2.45, 2.75) is 31.7 Å². The summed E-state index contributed by atoms with van der Waals surface area (Å²) in [5.74, 6) is -0.0739.